The van der Waals surface area contributed by atoms with Crippen molar-refractivity contribution < 1.29 is 9.34 Å². The fourth-order valence-corrected chi connectivity index (χ4v) is 1.79. The van der Waals surface area contributed by atoms with E-state index in [4.69, 9.17) is 10.2 Å². The van der Waals surface area contributed by atoms with Crippen molar-refractivity contribution in [1.82, 2.24) is 4.57 Å². The maximum Gasteiger partial charge on any atom is 0.419 e. The molecule has 0 aliphatic carbocycles. The Hall–Kier alpha value is -2.15. The number of benzene rings is 1. The van der Waals surface area contributed by atoms with Crippen molar-refractivity contribution in [2.45, 2.75) is 19.4 Å². The summed E-state index contributed by atoms with van der Waals surface area (Å²) < 4.78 is 6.42. The van der Waals surface area contributed by atoms with Crippen LogP contribution in [0.1, 0.15) is 12.8 Å². The average Bonchev–Trinajstić information content (AvgIpc) is 2.65. The van der Waals surface area contributed by atoms with Gasteiger partial charge in [-0.2, -0.15) is 0 Å². The van der Waals surface area contributed by atoms with Gasteiger partial charge in [0.15, 0.2) is 5.58 Å². The molecular formula is C11H13N3O4. The number of hydrogen-bond acceptors (Lipinski definition) is 5. The standard InChI is InChI=1S/C11H13N3O4/c12-5-1-2-6-13-9-7-8(14(16)17)3-4-10(9)18-11(13)15/h3-4,7H,1-2,5-6,12H2. The molecule has 0 radical (unpaired) electrons. The van der Waals surface area contributed by atoms with Crippen LogP contribution in [0, 0.1) is 10.1 Å². The summed E-state index contributed by atoms with van der Waals surface area (Å²) in [7, 11) is 0. The number of non-ortho nitro benzene ring substituents is 1. The van der Waals surface area contributed by atoms with Gasteiger partial charge in [0.25, 0.3) is 5.69 Å². The Morgan fingerprint density at radius 2 is 2.17 bits per heavy atom. The lowest BCUT2D eigenvalue weighted by molar-refractivity contribution is -0.384. The Morgan fingerprint density at radius 1 is 1.39 bits per heavy atom. The maximum absolute atomic E-state index is 11.6. The number of unbranched alkanes of at least 4 members (excludes halogenated alkanes) is 1. The zero-order valence-corrected chi connectivity index (χ0v) is 9.67. The molecule has 0 spiro atoms. The van der Waals surface area contributed by atoms with Crippen LogP contribution in [0.2, 0.25) is 0 Å². The molecule has 0 unspecified atom stereocenters. The molecule has 1 heterocycles. The Kier molecular flexibility index (Phi) is 3.42. The van der Waals surface area contributed by atoms with Crippen molar-refractivity contribution in [3.8, 4) is 0 Å². The Morgan fingerprint density at radius 3 is 2.83 bits per heavy atom. The van der Waals surface area contributed by atoms with Gasteiger partial charge in [0.1, 0.15) is 0 Å². The minimum atomic E-state index is -0.499. The summed E-state index contributed by atoms with van der Waals surface area (Å²) in [6, 6.07) is 4.10. The van der Waals surface area contributed by atoms with Gasteiger partial charge < -0.3 is 10.2 Å². The van der Waals surface area contributed by atoms with Crippen LogP contribution in [0.5, 0.6) is 0 Å². The molecule has 0 aliphatic rings. The predicted molar refractivity (Wildman–Crippen MR) is 65.4 cm³/mol. The number of nitrogens with two attached hydrogens (primary N) is 1. The lowest BCUT2D eigenvalue weighted by Crippen LogP contribution is -2.15. The number of aryl methyl sites for hydroxylation is 1. The first-order chi connectivity index (χ1) is 8.63. The fraction of sp³-hybridized carbons (Fsp3) is 0.364. The van der Waals surface area contributed by atoms with Crippen LogP contribution < -0.4 is 11.5 Å². The van der Waals surface area contributed by atoms with Crippen LogP contribution in [0.15, 0.2) is 27.4 Å². The van der Waals surface area contributed by atoms with Crippen molar-refractivity contribution in [3.63, 3.8) is 0 Å². The number of rotatable bonds is 5. The number of nitro groups is 1. The quantitative estimate of drug-likeness (QED) is 0.489. The topological polar surface area (TPSA) is 104 Å². The minimum Gasteiger partial charge on any atom is -0.408 e. The first-order valence-corrected chi connectivity index (χ1v) is 5.61. The average molecular weight is 251 g/mol. The van der Waals surface area contributed by atoms with Crippen molar-refractivity contribution in [1.29, 1.82) is 0 Å². The minimum absolute atomic E-state index is 0.0594. The normalized spacial score (nSPS) is 10.9. The third-order valence-corrected chi connectivity index (χ3v) is 2.70. The summed E-state index contributed by atoms with van der Waals surface area (Å²) in [6.07, 6.45) is 1.52. The second-order valence-electron chi connectivity index (χ2n) is 3.92. The molecule has 0 aliphatic heterocycles. The molecule has 0 saturated carbocycles. The molecule has 1 aromatic heterocycles. The molecule has 96 valence electrons. The molecule has 2 aromatic rings. The van der Waals surface area contributed by atoms with Crippen LogP contribution in [-0.4, -0.2) is 16.0 Å². The Labute approximate surface area is 102 Å². The molecule has 0 atom stereocenters. The summed E-state index contributed by atoms with van der Waals surface area (Å²) in [5, 5.41) is 10.7. The van der Waals surface area contributed by atoms with Crippen LogP contribution in [-0.2, 0) is 6.54 Å². The third kappa shape index (κ3) is 2.25. The van der Waals surface area contributed by atoms with Gasteiger partial charge in [0.2, 0.25) is 0 Å². The molecule has 0 bridgehead atoms. The molecule has 0 fully saturated rings. The first-order valence-electron chi connectivity index (χ1n) is 5.61. The number of nitrogens with zero attached hydrogens (tertiary/aromatic N) is 2. The van der Waals surface area contributed by atoms with Crippen molar-refractivity contribution in [3.05, 3.63) is 38.9 Å². The molecule has 1 aromatic carbocycles. The van der Waals surface area contributed by atoms with E-state index in [0.717, 1.165) is 12.8 Å². The van der Waals surface area contributed by atoms with E-state index in [1.54, 1.807) is 0 Å². The van der Waals surface area contributed by atoms with Gasteiger partial charge in [0.05, 0.1) is 10.4 Å². The van der Waals surface area contributed by atoms with Gasteiger partial charge in [-0.15, -0.1) is 0 Å². The zero-order chi connectivity index (χ0) is 13.1. The van der Waals surface area contributed by atoms with E-state index >= 15 is 0 Å². The molecule has 2 N–H and O–H groups in total. The molecular weight excluding hydrogens is 238 g/mol. The van der Waals surface area contributed by atoms with E-state index in [0.29, 0.717) is 24.2 Å². The number of nitro benzene ring substituents is 1. The third-order valence-electron chi connectivity index (χ3n) is 2.70. The number of oxazole rings is 1. The van der Waals surface area contributed by atoms with Crippen molar-refractivity contribution in [2.24, 2.45) is 5.73 Å². The summed E-state index contributed by atoms with van der Waals surface area (Å²) >= 11 is 0. The second kappa shape index (κ2) is 5.01. The lowest BCUT2D eigenvalue weighted by atomic mass is 10.2. The molecule has 0 amide bonds. The van der Waals surface area contributed by atoms with Gasteiger partial charge in [-0.1, -0.05) is 0 Å². The summed E-state index contributed by atoms with van der Waals surface area (Å²) in [5.74, 6) is -0.498. The fourth-order valence-electron chi connectivity index (χ4n) is 1.79. The molecule has 0 saturated heterocycles. The Bertz CT molecular complexity index is 629. The van der Waals surface area contributed by atoms with Gasteiger partial charge >= 0.3 is 5.76 Å². The summed E-state index contributed by atoms with van der Waals surface area (Å²) in [5.41, 5.74) is 6.13. The number of aromatic nitrogens is 1. The summed E-state index contributed by atoms with van der Waals surface area (Å²) in [6.45, 7) is 0.995. The summed E-state index contributed by atoms with van der Waals surface area (Å²) in [4.78, 5) is 21.8. The SMILES string of the molecule is NCCCCn1c(=O)oc2ccc([N+](=O)[O-])cc21. The molecule has 18 heavy (non-hydrogen) atoms. The van der Waals surface area contributed by atoms with Crippen LogP contribution in [0.25, 0.3) is 11.1 Å². The highest BCUT2D eigenvalue weighted by atomic mass is 16.6. The largest absolute Gasteiger partial charge is 0.419 e. The monoisotopic (exact) mass is 251 g/mol. The van der Waals surface area contributed by atoms with E-state index in [2.05, 4.69) is 0 Å². The van der Waals surface area contributed by atoms with Gasteiger partial charge in [-0.25, -0.2) is 4.79 Å². The van der Waals surface area contributed by atoms with E-state index in [-0.39, 0.29) is 5.69 Å². The van der Waals surface area contributed by atoms with Crippen LogP contribution in [0.3, 0.4) is 0 Å². The van der Waals surface area contributed by atoms with Crippen molar-refractivity contribution in [2.75, 3.05) is 6.54 Å². The lowest BCUT2D eigenvalue weighted by Gasteiger charge is -2.00. The smallest absolute Gasteiger partial charge is 0.408 e. The molecule has 7 nitrogen and oxygen atoms in total. The predicted octanol–water partition coefficient (Wildman–Crippen LogP) is 1.24. The van der Waals surface area contributed by atoms with E-state index < -0.39 is 10.7 Å². The van der Waals surface area contributed by atoms with Gasteiger partial charge in [-0.05, 0) is 25.5 Å². The van der Waals surface area contributed by atoms with Gasteiger partial charge in [-0.3, -0.25) is 14.7 Å². The molecule has 2 rings (SSSR count). The van der Waals surface area contributed by atoms with Crippen LogP contribution >= 0.6 is 0 Å². The number of hydrogen-bond donors (Lipinski definition) is 1. The van der Waals surface area contributed by atoms with E-state index in [9.17, 15) is 14.9 Å². The highest BCUT2D eigenvalue weighted by molar-refractivity contribution is 5.75. The van der Waals surface area contributed by atoms with Crippen molar-refractivity contribution >= 4 is 16.8 Å². The highest BCUT2D eigenvalue weighted by Gasteiger charge is 2.13. The highest BCUT2D eigenvalue weighted by Crippen LogP contribution is 2.20. The second-order valence-corrected chi connectivity index (χ2v) is 3.92. The van der Waals surface area contributed by atoms with Crippen LogP contribution in [0.4, 0.5) is 5.69 Å². The number of fused-ring (bicyclic) bond motifs is 1. The maximum atomic E-state index is 11.6. The zero-order valence-electron chi connectivity index (χ0n) is 9.67. The van der Waals surface area contributed by atoms with E-state index in [1.807, 2.05) is 0 Å². The Balaban J connectivity index is 2.43. The molecule has 7 heteroatoms. The van der Waals surface area contributed by atoms with E-state index in [1.165, 1.54) is 22.8 Å². The first kappa shape index (κ1) is 12.3. The van der Waals surface area contributed by atoms with Gasteiger partial charge in [0, 0.05) is 18.7 Å².